The van der Waals surface area contributed by atoms with Crippen molar-refractivity contribution in [1.82, 2.24) is 19.8 Å². The summed E-state index contributed by atoms with van der Waals surface area (Å²) < 4.78 is 18.1. The van der Waals surface area contributed by atoms with Crippen molar-refractivity contribution in [3.05, 3.63) is 59.7 Å². The van der Waals surface area contributed by atoms with Crippen LogP contribution in [0.5, 0.6) is 0 Å². The van der Waals surface area contributed by atoms with Crippen LogP contribution in [0.2, 0.25) is 0 Å². The standard InChI is InChI=1S/C25H28FN5O3/c1-34-24(33)18-5-2-4-17(10-18)19-6-3-9-30(13-19)23(32)16-29-14-21-7-8-22(15-29)31(21)25-27-11-20(26)12-28-25/h2,4-6,10-12,21-22H,3,7-9,13-16H2,1H3. The number of ether oxygens (including phenoxy) is 1. The number of esters is 1. The molecule has 5 rings (SSSR count). The molecule has 1 aromatic heterocycles. The van der Waals surface area contributed by atoms with Crippen LogP contribution in [0.15, 0.2) is 42.7 Å². The number of fused-ring (bicyclic) bond motifs is 2. The molecule has 0 spiro atoms. The number of likely N-dealkylation sites (tertiary alicyclic amines) is 1. The van der Waals surface area contributed by atoms with Gasteiger partial charge in [0, 0.05) is 38.3 Å². The van der Waals surface area contributed by atoms with E-state index >= 15 is 0 Å². The van der Waals surface area contributed by atoms with Crippen LogP contribution in [0.25, 0.3) is 5.57 Å². The molecule has 2 atom stereocenters. The Hall–Kier alpha value is -3.33. The first-order valence-electron chi connectivity index (χ1n) is 11.7. The van der Waals surface area contributed by atoms with Crippen LogP contribution in [0.4, 0.5) is 10.3 Å². The number of amides is 1. The molecule has 2 aromatic rings. The Kier molecular flexibility index (Phi) is 6.28. The van der Waals surface area contributed by atoms with E-state index in [-0.39, 0.29) is 24.0 Å². The molecule has 2 unspecified atom stereocenters. The Morgan fingerprint density at radius 1 is 1.15 bits per heavy atom. The second-order valence-electron chi connectivity index (χ2n) is 9.09. The van der Waals surface area contributed by atoms with Crippen LogP contribution in [-0.4, -0.2) is 83.6 Å². The van der Waals surface area contributed by atoms with E-state index in [0.717, 1.165) is 43.5 Å². The first-order chi connectivity index (χ1) is 16.5. The number of hydrogen-bond acceptors (Lipinski definition) is 7. The minimum atomic E-state index is -0.438. The minimum Gasteiger partial charge on any atom is -0.465 e. The zero-order valence-corrected chi connectivity index (χ0v) is 19.2. The number of benzene rings is 1. The van der Waals surface area contributed by atoms with Crippen LogP contribution in [-0.2, 0) is 9.53 Å². The van der Waals surface area contributed by atoms with Gasteiger partial charge in [-0.1, -0.05) is 18.2 Å². The van der Waals surface area contributed by atoms with Crippen LogP contribution in [0.3, 0.4) is 0 Å². The minimum absolute atomic E-state index is 0.112. The molecule has 2 saturated heterocycles. The first-order valence-corrected chi connectivity index (χ1v) is 11.7. The fourth-order valence-corrected chi connectivity index (χ4v) is 5.31. The van der Waals surface area contributed by atoms with Crippen molar-refractivity contribution in [2.24, 2.45) is 0 Å². The Morgan fingerprint density at radius 3 is 2.59 bits per heavy atom. The van der Waals surface area contributed by atoms with E-state index in [1.165, 1.54) is 19.5 Å². The summed E-state index contributed by atoms with van der Waals surface area (Å²) in [6.07, 6.45) is 7.37. The second-order valence-corrected chi connectivity index (χ2v) is 9.09. The molecule has 9 heteroatoms. The zero-order chi connectivity index (χ0) is 23.7. The number of nitrogens with zero attached hydrogens (tertiary/aromatic N) is 5. The van der Waals surface area contributed by atoms with E-state index in [2.05, 4.69) is 25.8 Å². The molecular weight excluding hydrogens is 437 g/mol. The largest absolute Gasteiger partial charge is 0.465 e. The van der Waals surface area contributed by atoms with Crippen LogP contribution >= 0.6 is 0 Å². The molecule has 178 valence electrons. The van der Waals surface area contributed by atoms with Crippen LogP contribution < -0.4 is 4.90 Å². The van der Waals surface area contributed by atoms with E-state index in [4.69, 9.17) is 4.74 Å². The van der Waals surface area contributed by atoms with Gasteiger partial charge in [-0.15, -0.1) is 0 Å². The van der Waals surface area contributed by atoms with Gasteiger partial charge >= 0.3 is 5.97 Å². The molecule has 3 aliphatic rings. The lowest BCUT2D eigenvalue weighted by atomic mass is 9.99. The molecule has 0 radical (unpaired) electrons. The van der Waals surface area contributed by atoms with Gasteiger partial charge in [0.05, 0.1) is 31.6 Å². The number of carbonyl (C=O) groups excluding carboxylic acids is 2. The van der Waals surface area contributed by atoms with E-state index in [0.29, 0.717) is 31.1 Å². The molecule has 34 heavy (non-hydrogen) atoms. The number of rotatable bonds is 5. The van der Waals surface area contributed by atoms with Crippen molar-refractivity contribution in [2.75, 3.05) is 44.7 Å². The topological polar surface area (TPSA) is 78.9 Å². The summed E-state index contributed by atoms with van der Waals surface area (Å²) in [7, 11) is 1.37. The predicted octanol–water partition coefficient (Wildman–Crippen LogP) is 2.37. The molecule has 2 bridgehead atoms. The van der Waals surface area contributed by atoms with Gasteiger partial charge in [0.1, 0.15) is 0 Å². The van der Waals surface area contributed by atoms with E-state index in [1.807, 2.05) is 23.1 Å². The average molecular weight is 466 g/mol. The van der Waals surface area contributed by atoms with Crippen LogP contribution in [0, 0.1) is 5.82 Å². The number of hydrogen-bond donors (Lipinski definition) is 0. The zero-order valence-electron chi connectivity index (χ0n) is 19.2. The van der Waals surface area contributed by atoms with Gasteiger partial charge in [0.15, 0.2) is 5.82 Å². The van der Waals surface area contributed by atoms with E-state index in [1.54, 1.807) is 6.07 Å². The molecule has 0 N–H and O–H groups in total. The van der Waals surface area contributed by atoms with Gasteiger partial charge in [-0.3, -0.25) is 9.69 Å². The maximum atomic E-state index is 13.2. The summed E-state index contributed by atoms with van der Waals surface area (Å²) in [6, 6.07) is 7.81. The highest BCUT2D eigenvalue weighted by Crippen LogP contribution is 2.33. The summed E-state index contributed by atoms with van der Waals surface area (Å²) in [6.45, 7) is 3.12. The van der Waals surface area contributed by atoms with Crippen molar-refractivity contribution in [3.8, 4) is 0 Å². The molecule has 0 saturated carbocycles. The fourth-order valence-electron chi connectivity index (χ4n) is 5.31. The maximum absolute atomic E-state index is 13.2. The van der Waals surface area contributed by atoms with Gasteiger partial charge in [-0.2, -0.15) is 0 Å². The first kappa shape index (κ1) is 22.5. The summed E-state index contributed by atoms with van der Waals surface area (Å²) in [4.78, 5) is 39.7. The Labute approximate surface area is 198 Å². The van der Waals surface area contributed by atoms with Crippen LogP contribution in [0.1, 0.15) is 35.2 Å². The molecule has 1 aromatic carbocycles. The molecule has 8 nitrogen and oxygen atoms in total. The number of aromatic nitrogens is 2. The number of anilines is 1. The lowest BCUT2D eigenvalue weighted by Crippen LogP contribution is -2.56. The SMILES string of the molecule is COC(=O)c1cccc(C2=CCCN(C(=O)CN3CC4CCC(C3)N4c3ncc(F)cn3)C2)c1. The van der Waals surface area contributed by atoms with Gasteiger partial charge in [0.2, 0.25) is 11.9 Å². The third kappa shape index (κ3) is 4.52. The number of carbonyl (C=O) groups is 2. The lowest BCUT2D eigenvalue weighted by molar-refractivity contribution is -0.132. The lowest BCUT2D eigenvalue weighted by Gasteiger charge is -2.41. The molecule has 0 aliphatic carbocycles. The third-order valence-electron chi connectivity index (χ3n) is 6.91. The van der Waals surface area contributed by atoms with Crippen molar-refractivity contribution < 1.29 is 18.7 Å². The monoisotopic (exact) mass is 465 g/mol. The van der Waals surface area contributed by atoms with Gasteiger partial charge in [0.25, 0.3) is 0 Å². The predicted molar refractivity (Wildman–Crippen MR) is 125 cm³/mol. The summed E-state index contributed by atoms with van der Waals surface area (Å²) in [5, 5.41) is 0. The molecule has 1 amide bonds. The highest BCUT2D eigenvalue weighted by atomic mass is 19.1. The average Bonchev–Trinajstić information content (AvgIpc) is 3.14. The normalized spacial score (nSPS) is 22.5. The van der Waals surface area contributed by atoms with E-state index in [9.17, 15) is 14.0 Å². The smallest absolute Gasteiger partial charge is 0.337 e. The number of piperazine rings is 1. The maximum Gasteiger partial charge on any atom is 0.337 e. The number of halogens is 1. The summed E-state index contributed by atoms with van der Waals surface area (Å²) in [5.74, 6) is -0.126. The Bertz CT molecular complexity index is 1090. The van der Waals surface area contributed by atoms with Crippen molar-refractivity contribution in [2.45, 2.75) is 31.3 Å². The molecule has 3 aliphatic heterocycles. The van der Waals surface area contributed by atoms with Gasteiger partial charge < -0.3 is 14.5 Å². The fraction of sp³-hybridized carbons (Fsp3) is 0.440. The molecular formula is C25H28FN5O3. The van der Waals surface area contributed by atoms with Gasteiger partial charge in [-0.05, 0) is 42.5 Å². The van der Waals surface area contributed by atoms with Crippen molar-refractivity contribution in [1.29, 1.82) is 0 Å². The number of methoxy groups -OCH3 is 1. The Morgan fingerprint density at radius 2 is 1.88 bits per heavy atom. The van der Waals surface area contributed by atoms with E-state index < -0.39 is 5.82 Å². The third-order valence-corrected chi connectivity index (χ3v) is 6.91. The quantitative estimate of drug-likeness (QED) is 0.628. The highest BCUT2D eigenvalue weighted by molar-refractivity contribution is 5.91. The summed E-state index contributed by atoms with van der Waals surface area (Å²) >= 11 is 0. The molecule has 2 fully saturated rings. The van der Waals surface area contributed by atoms with Gasteiger partial charge in [-0.25, -0.2) is 19.2 Å². The highest BCUT2D eigenvalue weighted by Gasteiger charge is 2.41. The molecule has 4 heterocycles. The summed E-state index contributed by atoms with van der Waals surface area (Å²) in [5.41, 5.74) is 2.48. The Balaban J connectivity index is 1.21. The van der Waals surface area contributed by atoms with Crippen molar-refractivity contribution in [3.63, 3.8) is 0 Å². The van der Waals surface area contributed by atoms with Crippen molar-refractivity contribution >= 4 is 23.4 Å². The second kappa shape index (κ2) is 9.50.